The fraction of sp³-hybridized carbons (Fsp3) is 0.364. The van der Waals surface area contributed by atoms with Crippen molar-refractivity contribution in [2.24, 2.45) is 0 Å². The summed E-state index contributed by atoms with van der Waals surface area (Å²) in [6.07, 6.45) is 0. The van der Waals surface area contributed by atoms with E-state index in [1.54, 1.807) is 12.1 Å². The lowest BCUT2D eigenvalue weighted by atomic mass is 9.98. The summed E-state index contributed by atoms with van der Waals surface area (Å²) < 4.78 is 21.0. The smallest absolute Gasteiger partial charge is 0.344 e. The number of nitrogens with one attached hydrogen (secondary N) is 1. The molecular weight excluding hydrogens is 374 g/mol. The summed E-state index contributed by atoms with van der Waals surface area (Å²) in [6, 6.07) is 11.1. The first-order valence-corrected chi connectivity index (χ1v) is 9.46. The third-order valence-corrected chi connectivity index (χ3v) is 4.51. The van der Waals surface area contributed by atoms with E-state index in [0.29, 0.717) is 29.7 Å². The van der Waals surface area contributed by atoms with E-state index >= 15 is 0 Å². The molecule has 0 unspecified atom stereocenters. The second kappa shape index (κ2) is 9.32. The van der Waals surface area contributed by atoms with E-state index in [2.05, 4.69) is 19.2 Å². The second-order valence-electron chi connectivity index (χ2n) is 7.09. The molecule has 154 valence electrons. The lowest BCUT2D eigenvalue weighted by molar-refractivity contribution is -0.150. The van der Waals surface area contributed by atoms with Crippen LogP contribution in [0.4, 0.5) is 0 Å². The van der Waals surface area contributed by atoms with Crippen molar-refractivity contribution in [3.63, 3.8) is 0 Å². The van der Waals surface area contributed by atoms with E-state index in [4.69, 9.17) is 18.9 Å². The summed E-state index contributed by atoms with van der Waals surface area (Å²) in [5.41, 5.74) is 3.20. The summed E-state index contributed by atoms with van der Waals surface area (Å²) in [5.74, 6) is 1.35. The predicted molar refractivity (Wildman–Crippen MR) is 106 cm³/mol. The largest absolute Gasteiger partial charge is 0.482 e. The molecule has 1 heterocycles. The molecule has 1 N–H and O–H groups in total. The highest BCUT2D eigenvalue weighted by Gasteiger charge is 2.14. The molecule has 1 aliphatic rings. The molecule has 1 aliphatic heterocycles. The minimum atomic E-state index is -0.603. The summed E-state index contributed by atoms with van der Waals surface area (Å²) in [4.78, 5) is 23.7. The van der Waals surface area contributed by atoms with E-state index in [9.17, 15) is 9.59 Å². The fourth-order valence-electron chi connectivity index (χ4n) is 3.02. The lowest BCUT2D eigenvalue weighted by Crippen LogP contribution is -2.29. The molecule has 29 heavy (non-hydrogen) atoms. The Hall–Kier alpha value is -3.22. The minimum Gasteiger partial charge on any atom is -0.482 e. The van der Waals surface area contributed by atoms with Crippen LogP contribution < -0.4 is 19.5 Å². The Kier molecular flexibility index (Phi) is 6.59. The van der Waals surface area contributed by atoms with Crippen molar-refractivity contribution in [1.29, 1.82) is 0 Å². The molecule has 0 saturated heterocycles. The Morgan fingerprint density at radius 1 is 1.07 bits per heavy atom. The number of hydrogen-bond acceptors (Lipinski definition) is 6. The summed E-state index contributed by atoms with van der Waals surface area (Å²) in [7, 11) is 0. The zero-order valence-corrected chi connectivity index (χ0v) is 16.8. The van der Waals surface area contributed by atoms with E-state index in [-0.39, 0.29) is 20.0 Å². The molecule has 0 spiro atoms. The SMILES string of the molecule is Cc1cc(OCC(=O)OCC(=O)NCc2ccc3c(c2)OCO3)ccc1C(C)C. The highest BCUT2D eigenvalue weighted by molar-refractivity contribution is 5.80. The normalized spacial score (nSPS) is 12.0. The third-order valence-electron chi connectivity index (χ3n) is 4.51. The van der Waals surface area contributed by atoms with Crippen molar-refractivity contribution in [3.05, 3.63) is 53.1 Å². The van der Waals surface area contributed by atoms with Gasteiger partial charge in [0.15, 0.2) is 24.7 Å². The number of carbonyl (C=O) groups excluding carboxylic acids is 2. The van der Waals surface area contributed by atoms with Gasteiger partial charge in [-0.1, -0.05) is 26.0 Å². The van der Waals surface area contributed by atoms with Crippen LogP contribution in [-0.4, -0.2) is 31.9 Å². The molecule has 2 aromatic carbocycles. The number of benzene rings is 2. The first kappa shape index (κ1) is 20.5. The fourth-order valence-corrected chi connectivity index (χ4v) is 3.02. The molecule has 3 rings (SSSR count). The molecule has 0 atom stereocenters. The average Bonchev–Trinajstić information content (AvgIpc) is 3.16. The van der Waals surface area contributed by atoms with E-state index in [1.165, 1.54) is 5.56 Å². The van der Waals surface area contributed by atoms with Gasteiger partial charge in [-0.3, -0.25) is 4.79 Å². The lowest BCUT2D eigenvalue weighted by Gasteiger charge is -2.12. The van der Waals surface area contributed by atoms with Crippen LogP contribution in [0.3, 0.4) is 0 Å². The molecule has 0 saturated carbocycles. The topological polar surface area (TPSA) is 83.1 Å². The predicted octanol–water partition coefficient (Wildman–Crippen LogP) is 3.09. The van der Waals surface area contributed by atoms with E-state index in [1.807, 2.05) is 31.2 Å². The Morgan fingerprint density at radius 2 is 1.86 bits per heavy atom. The zero-order valence-electron chi connectivity index (χ0n) is 16.8. The molecule has 7 heteroatoms. The second-order valence-corrected chi connectivity index (χ2v) is 7.09. The molecule has 0 aromatic heterocycles. The zero-order chi connectivity index (χ0) is 20.8. The van der Waals surface area contributed by atoms with E-state index in [0.717, 1.165) is 11.1 Å². The van der Waals surface area contributed by atoms with E-state index < -0.39 is 11.9 Å². The van der Waals surface area contributed by atoms with Gasteiger partial charge in [-0.15, -0.1) is 0 Å². The maximum atomic E-state index is 11.9. The molecule has 0 radical (unpaired) electrons. The number of ether oxygens (including phenoxy) is 4. The summed E-state index contributed by atoms with van der Waals surface area (Å²) in [6.45, 7) is 6.13. The molecule has 7 nitrogen and oxygen atoms in total. The monoisotopic (exact) mass is 399 g/mol. The molecule has 0 aliphatic carbocycles. The Bertz CT molecular complexity index is 893. The van der Waals surface area contributed by atoms with Crippen molar-refractivity contribution in [3.8, 4) is 17.2 Å². The van der Waals surface area contributed by atoms with Gasteiger partial charge >= 0.3 is 5.97 Å². The van der Waals surface area contributed by atoms with Crippen LogP contribution >= 0.6 is 0 Å². The molecular formula is C22H25NO6. The van der Waals surface area contributed by atoms with Crippen molar-refractivity contribution >= 4 is 11.9 Å². The van der Waals surface area contributed by atoms with Crippen LogP contribution in [-0.2, 0) is 20.9 Å². The van der Waals surface area contributed by atoms with Gasteiger partial charge in [0.1, 0.15) is 5.75 Å². The number of aryl methyl sites for hydroxylation is 1. The van der Waals surface area contributed by atoms with Crippen LogP contribution in [0, 0.1) is 6.92 Å². The standard InChI is InChI=1S/C22H25NO6/c1-14(2)18-6-5-17(8-15(18)3)26-12-22(25)27-11-21(24)23-10-16-4-7-19-20(9-16)29-13-28-19/h4-9,14H,10-13H2,1-3H3,(H,23,24). The van der Waals surface area contributed by atoms with Gasteiger partial charge in [0, 0.05) is 6.54 Å². The minimum absolute atomic E-state index is 0.199. The van der Waals surface area contributed by atoms with Gasteiger partial charge in [-0.2, -0.15) is 0 Å². The first-order chi connectivity index (χ1) is 13.9. The summed E-state index contributed by atoms with van der Waals surface area (Å²) >= 11 is 0. The molecule has 1 amide bonds. The van der Waals surface area contributed by atoms with Gasteiger partial charge < -0.3 is 24.3 Å². The van der Waals surface area contributed by atoms with Crippen LogP contribution in [0.2, 0.25) is 0 Å². The van der Waals surface area contributed by atoms with Crippen molar-refractivity contribution in [2.45, 2.75) is 33.2 Å². The maximum absolute atomic E-state index is 11.9. The number of hydrogen-bond donors (Lipinski definition) is 1. The number of amides is 1. The van der Waals surface area contributed by atoms with Crippen LogP contribution in [0.15, 0.2) is 36.4 Å². The van der Waals surface area contributed by atoms with Gasteiger partial charge in [0.05, 0.1) is 0 Å². The quantitative estimate of drug-likeness (QED) is 0.687. The van der Waals surface area contributed by atoms with Crippen LogP contribution in [0.25, 0.3) is 0 Å². The first-order valence-electron chi connectivity index (χ1n) is 9.46. The Morgan fingerprint density at radius 3 is 2.62 bits per heavy atom. The molecule has 2 aromatic rings. The Labute approximate surface area is 169 Å². The van der Waals surface area contributed by atoms with Gasteiger partial charge in [-0.05, 0) is 53.8 Å². The van der Waals surface area contributed by atoms with Crippen LogP contribution in [0.1, 0.15) is 36.5 Å². The molecule has 0 fully saturated rings. The number of esters is 1. The van der Waals surface area contributed by atoms with Crippen molar-refractivity contribution in [1.82, 2.24) is 5.32 Å². The third kappa shape index (κ3) is 5.63. The van der Waals surface area contributed by atoms with Gasteiger partial charge in [-0.25, -0.2) is 4.79 Å². The number of rotatable bonds is 8. The maximum Gasteiger partial charge on any atom is 0.344 e. The number of fused-ring (bicyclic) bond motifs is 1. The van der Waals surface area contributed by atoms with Gasteiger partial charge in [0.25, 0.3) is 5.91 Å². The van der Waals surface area contributed by atoms with Crippen LogP contribution in [0.5, 0.6) is 17.2 Å². The summed E-state index contributed by atoms with van der Waals surface area (Å²) in [5, 5.41) is 2.69. The van der Waals surface area contributed by atoms with Crippen molar-refractivity contribution < 1.29 is 28.5 Å². The average molecular weight is 399 g/mol. The highest BCUT2D eigenvalue weighted by atomic mass is 16.7. The van der Waals surface area contributed by atoms with Crippen molar-refractivity contribution in [2.75, 3.05) is 20.0 Å². The molecule has 0 bridgehead atoms. The number of carbonyl (C=O) groups is 2. The Balaban J connectivity index is 1.38. The highest BCUT2D eigenvalue weighted by Crippen LogP contribution is 2.32. The van der Waals surface area contributed by atoms with Gasteiger partial charge in [0.2, 0.25) is 6.79 Å².